The fourth-order valence-electron chi connectivity index (χ4n) is 3.87. The van der Waals surface area contributed by atoms with E-state index in [1.165, 1.54) is 5.57 Å². The van der Waals surface area contributed by atoms with Gasteiger partial charge in [0.1, 0.15) is 0 Å². The molecule has 0 amide bonds. The summed E-state index contributed by atoms with van der Waals surface area (Å²) in [5.74, 6) is -0.358. The first kappa shape index (κ1) is 15.0. The van der Waals surface area contributed by atoms with Gasteiger partial charge in [-0.05, 0) is 39.0 Å². The Kier molecular flexibility index (Phi) is 4.40. The van der Waals surface area contributed by atoms with Crippen molar-refractivity contribution in [3.63, 3.8) is 0 Å². The quantitative estimate of drug-likeness (QED) is 0.462. The fourth-order valence-corrected chi connectivity index (χ4v) is 5.02. The Morgan fingerprint density at radius 1 is 1.58 bits per heavy atom. The standard InChI is InChI=1S/C15H22INO2/c1-4-5-15(10(2)3)9-12-6-11(8-14(18)19)7-13(15)17(12)16/h4-5,11-13H,2,6-9H2,1,3H3,(H,18,19)/b5-4+/t11-,12?,13-,15?/m0/s1. The molecule has 2 unspecified atom stereocenters. The number of hydrogen-bond donors (Lipinski definition) is 1. The van der Waals surface area contributed by atoms with E-state index in [2.05, 4.69) is 58.6 Å². The molecular formula is C15H22INO2. The van der Waals surface area contributed by atoms with Crippen molar-refractivity contribution in [3.8, 4) is 0 Å². The highest BCUT2D eigenvalue weighted by atomic mass is 127. The molecule has 0 saturated carbocycles. The van der Waals surface area contributed by atoms with Gasteiger partial charge in [-0.15, -0.1) is 0 Å². The van der Waals surface area contributed by atoms with Crippen LogP contribution < -0.4 is 0 Å². The molecule has 0 aromatic carbocycles. The van der Waals surface area contributed by atoms with Crippen LogP contribution in [0, 0.1) is 11.3 Å². The van der Waals surface area contributed by atoms with Crippen LogP contribution in [0.3, 0.4) is 0 Å². The fraction of sp³-hybridized carbons (Fsp3) is 0.667. The van der Waals surface area contributed by atoms with Gasteiger partial charge < -0.3 is 5.11 Å². The van der Waals surface area contributed by atoms with Crippen molar-refractivity contribution in [1.82, 2.24) is 3.11 Å². The maximum Gasteiger partial charge on any atom is 0.303 e. The zero-order valence-electron chi connectivity index (χ0n) is 11.6. The molecule has 2 rings (SSSR count). The second kappa shape index (κ2) is 5.56. The number of rotatable bonds is 4. The number of nitrogens with zero attached hydrogens (tertiary/aromatic N) is 1. The molecule has 0 aromatic rings. The van der Waals surface area contributed by atoms with Gasteiger partial charge in [0.2, 0.25) is 0 Å². The SMILES string of the molecule is C=C(C)C1(/C=C/C)CC2C[C@H](CC(=O)O)C[C@@H]1N2I. The Hall–Kier alpha value is -0.360. The number of carboxylic acids is 1. The van der Waals surface area contributed by atoms with Crippen LogP contribution in [0.4, 0.5) is 0 Å². The summed E-state index contributed by atoms with van der Waals surface area (Å²) >= 11 is 2.42. The predicted octanol–water partition coefficient (Wildman–Crippen LogP) is 3.80. The van der Waals surface area contributed by atoms with E-state index in [0.717, 1.165) is 19.3 Å². The molecule has 0 aromatic heterocycles. The van der Waals surface area contributed by atoms with Crippen molar-refractivity contribution >= 4 is 28.8 Å². The average Bonchev–Trinajstić information content (AvgIpc) is 2.47. The first-order valence-corrected chi connectivity index (χ1v) is 7.83. The minimum Gasteiger partial charge on any atom is -0.481 e. The second-order valence-electron chi connectivity index (χ2n) is 5.97. The summed E-state index contributed by atoms with van der Waals surface area (Å²) in [6.45, 7) is 8.37. The molecule has 4 heteroatoms. The van der Waals surface area contributed by atoms with Crippen molar-refractivity contribution in [3.05, 3.63) is 24.3 Å². The summed E-state index contributed by atoms with van der Waals surface area (Å²) in [5, 5.41) is 9.02. The number of carboxylic acid groups (broad SMARTS) is 1. The number of halogens is 1. The molecule has 1 N–H and O–H groups in total. The highest BCUT2D eigenvalue weighted by Crippen LogP contribution is 2.55. The third kappa shape index (κ3) is 2.61. The molecule has 4 atom stereocenters. The Balaban J connectivity index is 2.27. The van der Waals surface area contributed by atoms with Crippen LogP contribution >= 0.6 is 22.9 Å². The molecule has 19 heavy (non-hydrogen) atoms. The lowest BCUT2D eigenvalue weighted by atomic mass is 9.73. The first-order valence-electron chi connectivity index (χ1n) is 6.86. The number of allylic oxidation sites excluding steroid dienone is 1. The van der Waals surface area contributed by atoms with E-state index in [1.54, 1.807) is 0 Å². The van der Waals surface area contributed by atoms with Crippen LogP contribution in [0.2, 0.25) is 0 Å². The summed E-state index contributed by atoms with van der Waals surface area (Å²) in [7, 11) is 0. The lowest BCUT2D eigenvalue weighted by Gasteiger charge is -2.39. The molecule has 2 heterocycles. The monoisotopic (exact) mass is 375 g/mol. The number of piperidine rings is 1. The van der Waals surface area contributed by atoms with Crippen LogP contribution in [-0.2, 0) is 4.79 Å². The van der Waals surface area contributed by atoms with Crippen LogP contribution in [0.5, 0.6) is 0 Å². The Morgan fingerprint density at radius 2 is 2.26 bits per heavy atom. The minimum absolute atomic E-state index is 0.0356. The van der Waals surface area contributed by atoms with E-state index in [1.807, 2.05) is 0 Å². The van der Waals surface area contributed by atoms with Crippen LogP contribution in [0.1, 0.15) is 39.5 Å². The zero-order chi connectivity index (χ0) is 14.2. The van der Waals surface area contributed by atoms with Crippen molar-refractivity contribution in [2.45, 2.75) is 51.6 Å². The molecule has 3 nitrogen and oxygen atoms in total. The normalized spacial score (nSPS) is 38.8. The smallest absolute Gasteiger partial charge is 0.303 e. The van der Waals surface area contributed by atoms with Crippen molar-refractivity contribution in [2.24, 2.45) is 11.3 Å². The summed E-state index contributed by atoms with van der Waals surface area (Å²) in [6, 6.07) is 0.876. The first-order chi connectivity index (χ1) is 8.90. The number of aliphatic carboxylic acids is 1. The largest absolute Gasteiger partial charge is 0.481 e. The van der Waals surface area contributed by atoms with E-state index >= 15 is 0 Å². The van der Waals surface area contributed by atoms with Gasteiger partial charge in [-0.2, -0.15) is 0 Å². The molecule has 2 aliphatic heterocycles. The average molecular weight is 375 g/mol. The maximum atomic E-state index is 11.0. The Bertz CT molecular complexity index is 420. The van der Waals surface area contributed by atoms with Crippen molar-refractivity contribution < 1.29 is 9.90 Å². The molecule has 0 aliphatic carbocycles. The molecule has 106 valence electrons. The van der Waals surface area contributed by atoms with Crippen LogP contribution in [-0.4, -0.2) is 26.3 Å². The van der Waals surface area contributed by atoms with Gasteiger partial charge in [-0.25, -0.2) is 3.11 Å². The van der Waals surface area contributed by atoms with E-state index < -0.39 is 5.97 Å². The van der Waals surface area contributed by atoms with Gasteiger partial charge in [0.15, 0.2) is 0 Å². The van der Waals surface area contributed by atoms with E-state index in [0.29, 0.717) is 24.4 Å². The summed E-state index contributed by atoms with van der Waals surface area (Å²) in [4.78, 5) is 11.0. The van der Waals surface area contributed by atoms with Gasteiger partial charge in [-0.1, -0.05) is 24.3 Å². The molecule has 2 saturated heterocycles. The van der Waals surface area contributed by atoms with Gasteiger partial charge in [0.05, 0.1) is 0 Å². The summed E-state index contributed by atoms with van der Waals surface area (Å²) in [6.07, 6.45) is 7.75. The maximum absolute atomic E-state index is 11.0. The second-order valence-corrected chi connectivity index (χ2v) is 7.09. The highest BCUT2D eigenvalue weighted by molar-refractivity contribution is 14.1. The molecule has 0 radical (unpaired) electrons. The molecule has 2 bridgehead atoms. The lowest BCUT2D eigenvalue weighted by molar-refractivity contribution is -0.138. The number of hydrogen-bond acceptors (Lipinski definition) is 2. The Morgan fingerprint density at radius 3 is 2.79 bits per heavy atom. The third-order valence-corrected chi connectivity index (χ3v) is 6.16. The van der Waals surface area contributed by atoms with Crippen LogP contribution in [0.25, 0.3) is 0 Å². The molecule has 2 aliphatic rings. The van der Waals surface area contributed by atoms with E-state index in [9.17, 15) is 4.79 Å². The lowest BCUT2D eigenvalue weighted by Crippen LogP contribution is -2.41. The number of carbonyl (C=O) groups is 1. The van der Waals surface area contributed by atoms with E-state index in [4.69, 9.17) is 5.11 Å². The van der Waals surface area contributed by atoms with Crippen molar-refractivity contribution in [1.29, 1.82) is 0 Å². The van der Waals surface area contributed by atoms with Gasteiger partial charge in [0, 0.05) is 46.8 Å². The highest BCUT2D eigenvalue weighted by Gasteiger charge is 2.54. The summed E-state index contributed by atoms with van der Waals surface area (Å²) in [5.41, 5.74) is 1.24. The van der Waals surface area contributed by atoms with Gasteiger partial charge in [0.25, 0.3) is 0 Å². The molecular weight excluding hydrogens is 353 g/mol. The van der Waals surface area contributed by atoms with Crippen LogP contribution in [0.15, 0.2) is 24.3 Å². The minimum atomic E-state index is -0.668. The zero-order valence-corrected chi connectivity index (χ0v) is 13.8. The number of fused-ring (bicyclic) bond motifs is 2. The summed E-state index contributed by atoms with van der Waals surface area (Å²) < 4.78 is 2.42. The molecule has 2 fully saturated rings. The van der Waals surface area contributed by atoms with Gasteiger partial charge in [-0.3, -0.25) is 4.79 Å². The topological polar surface area (TPSA) is 40.5 Å². The van der Waals surface area contributed by atoms with E-state index in [-0.39, 0.29) is 5.41 Å². The van der Waals surface area contributed by atoms with Gasteiger partial charge >= 0.3 is 5.97 Å². The predicted molar refractivity (Wildman–Crippen MR) is 85.1 cm³/mol. The molecule has 0 spiro atoms. The van der Waals surface area contributed by atoms with Crippen molar-refractivity contribution in [2.75, 3.05) is 0 Å². The Labute approximate surface area is 129 Å². The third-order valence-electron chi connectivity index (χ3n) is 4.70.